The predicted molar refractivity (Wildman–Crippen MR) is 80.0 cm³/mol. The highest BCUT2D eigenvalue weighted by Crippen LogP contribution is 2.28. The Morgan fingerprint density at radius 2 is 1.79 bits per heavy atom. The zero-order valence-electron chi connectivity index (χ0n) is 10.7. The fourth-order valence-electron chi connectivity index (χ4n) is 1.60. The van der Waals surface area contributed by atoms with Crippen molar-refractivity contribution < 1.29 is 14.6 Å². The van der Waals surface area contributed by atoms with E-state index in [9.17, 15) is 4.79 Å². The Morgan fingerprint density at radius 1 is 1.16 bits per heavy atom. The van der Waals surface area contributed by atoms with Crippen LogP contribution in [0.25, 0.3) is 10.8 Å². The number of carbonyl (C=O) groups is 1. The van der Waals surface area contributed by atoms with Gasteiger partial charge in [0.05, 0.1) is 18.4 Å². The minimum absolute atomic E-state index is 0. The highest BCUT2D eigenvalue weighted by atomic mass is 16.5. The number of carboxylic acid groups (broad SMARTS) is 1. The summed E-state index contributed by atoms with van der Waals surface area (Å²) < 4.78 is 5.09. The average Bonchev–Trinajstić information content (AvgIpc) is 2.39. The first kappa shape index (κ1) is 16.8. The molecule has 0 aliphatic heterocycles. The normalized spacial score (nSPS) is 9.00. The molecule has 0 radical (unpaired) electrons. The van der Waals surface area contributed by atoms with Gasteiger partial charge in [-0.25, -0.2) is 4.79 Å². The van der Waals surface area contributed by atoms with Gasteiger partial charge < -0.3 is 15.6 Å². The molecule has 0 amide bonds. The van der Waals surface area contributed by atoms with Gasteiger partial charge in [0, 0.05) is 0 Å². The summed E-state index contributed by atoms with van der Waals surface area (Å²) in [5, 5.41) is 10.5. The van der Waals surface area contributed by atoms with E-state index in [-0.39, 0.29) is 13.0 Å². The fourth-order valence-corrected chi connectivity index (χ4v) is 1.60. The molecule has 0 saturated carbocycles. The van der Waals surface area contributed by atoms with Gasteiger partial charge in [0.1, 0.15) is 5.75 Å². The number of benzene rings is 2. The second-order valence-electron chi connectivity index (χ2n) is 3.46. The second kappa shape index (κ2) is 7.26. The zero-order chi connectivity index (χ0) is 13.7. The number of ether oxygens (including phenoxy) is 1. The molecule has 4 heteroatoms. The number of anilines is 1. The minimum Gasteiger partial charge on any atom is -0.495 e. The number of nitrogen functional groups attached to an aromatic ring is 1. The van der Waals surface area contributed by atoms with Gasteiger partial charge in [-0.1, -0.05) is 27.3 Å². The van der Waals surface area contributed by atoms with Crippen molar-refractivity contribution in [2.45, 2.75) is 21.3 Å². The number of aromatic carboxylic acids is 1. The van der Waals surface area contributed by atoms with Crippen molar-refractivity contribution in [3.63, 3.8) is 0 Å². The molecule has 0 bridgehead atoms. The van der Waals surface area contributed by atoms with E-state index in [4.69, 9.17) is 15.6 Å². The maximum Gasteiger partial charge on any atom is 0.335 e. The van der Waals surface area contributed by atoms with Crippen LogP contribution >= 0.6 is 0 Å². The number of nitrogens with two attached hydrogens (primary N) is 1. The van der Waals surface area contributed by atoms with Gasteiger partial charge >= 0.3 is 5.97 Å². The van der Waals surface area contributed by atoms with Crippen molar-refractivity contribution in [3.05, 3.63) is 35.9 Å². The monoisotopic (exact) mass is 263 g/mol. The summed E-state index contributed by atoms with van der Waals surface area (Å²) >= 11 is 0. The molecule has 0 unspecified atom stereocenters. The van der Waals surface area contributed by atoms with E-state index in [1.165, 1.54) is 0 Å². The average molecular weight is 263 g/mol. The summed E-state index contributed by atoms with van der Waals surface area (Å²) in [5.41, 5.74) is 6.50. The summed E-state index contributed by atoms with van der Waals surface area (Å²) in [6.07, 6.45) is 0. The maximum absolute atomic E-state index is 10.8. The van der Waals surface area contributed by atoms with Crippen molar-refractivity contribution in [2.24, 2.45) is 0 Å². The number of carboxylic acids is 1. The summed E-state index contributed by atoms with van der Waals surface area (Å²) in [4.78, 5) is 10.8. The molecule has 104 valence electrons. The van der Waals surface area contributed by atoms with Crippen molar-refractivity contribution in [1.82, 2.24) is 0 Å². The van der Waals surface area contributed by atoms with Crippen LogP contribution in [0.15, 0.2) is 30.3 Å². The molecule has 4 nitrogen and oxygen atoms in total. The third kappa shape index (κ3) is 3.61. The molecule has 3 N–H and O–H groups in total. The van der Waals surface area contributed by atoms with Crippen molar-refractivity contribution in [3.8, 4) is 5.75 Å². The molecule has 2 rings (SSSR count). The molecule has 0 aliphatic carbocycles. The predicted octanol–water partition coefficient (Wildman–Crippen LogP) is 3.79. The summed E-state index contributed by atoms with van der Waals surface area (Å²) in [7, 11) is 1.54. The number of hydrogen-bond donors (Lipinski definition) is 2. The topological polar surface area (TPSA) is 72.5 Å². The maximum atomic E-state index is 10.8. The Bertz CT molecular complexity index is 565. The summed E-state index contributed by atoms with van der Waals surface area (Å²) in [5.74, 6) is -0.355. The highest BCUT2D eigenvalue weighted by Gasteiger charge is 2.06. The van der Waals surface area contributed by atoms with E-state index in [0.717, 1.165) is 10.8 Å². The number of fused-ring (bicyclic) bond motifs is 1. The van der Waals surface area contributed by atoms with Crippen LogP contribution in [-0.2, 0) is 0 Å². The van der Waals surface area contributed by atoms with Crippen LogP contribution < -0.4 is 10.5 Å². The molecule has 0 aliphatic rings. The molecule has 0 aromatic heterocycles. The van der Waals surface area contributed by atoms with Crippen molar-refractivity contribution >= 4 is 22.4 Å². The van der Waals surface area contributed by atoms with Gasteiger partial charge in [0.15, 0.2) is 0 Å². The molecule has 19 heavy (non-hydrogen) atoms. The second-order valence-corrected chi connectivity index (χ2v) is 3.46. The SMILES string of the molecule is C.CC.COc1cc2ccc(C(=O)O)cc2cc1N. The number of rotatable bonds is 2. The fraction of sp³-hybridized carbons (Fsp3) is 0.267. The molecule has 0 spiro atoms. The van der Waals surface area contributed by atoms with Crippen LogP contribution in [0, 0.1) is 0 Å². The van der Waals surface area contributed by atoms with E-state index in [1.54, 1.807) is 37.4 Å². The van der Waals surface area contributed by atoms with Gasteiger partial charge in [-0.3, -0.25) is 0 Å². The van der Waals surface area contributed by atoms with Crippen molar-refractivity contribution in [2.75, 3.05) is 12.8 Å². The molecule has 2 aromatic rings. The lowest BCUT2D eigenvalue weighted by Crippen LogP contribution is -1.96. The largest absolute Gasteiger partial charge is 0.495 e. The Kier molecular flexibility index (Phi) is 6.41. The van der Waals surface area contributed by atoms with Crippen LogP contribution in [0.1, 0.15) is 31.6 Å². The first-order valence-corrected chi connectivity index (χ1v) is 5.72. The number of hydrogen-bond acceptors (Lipinski definition) is 3. The van der Waals surface area contributed by atoms with E-state index in [2.05, 4.69) is 0 Å². The molecule has 0 fully saturated rings. The lowest BCUT2D eigenvalue weighted by Gasteiger charge is -2.07. The molecule has 0 saturated heterocycles. The van der Waals surface area contributed by atoms with Crippen molar-refractivity contribution in [1.29, 1.82) is 0 Å². The van der Waals surface area contributed by atoms with E-state index >= 15 is 0 Å². The Labute approximate surface area is 113 Å². The molecule has 0 heterocycles. The Balaban J connectivity index is 0.00000103. The van der Waals surface area contributed by atoms with Gasteiger partial charge in [-0.05, 0) is 35.0 Å². The van der Waals surface area contributed by atoms with Crippen LogP contribution in [0.3, 0.4) is 0 Å². The Hall–Kier alpha value is -2.23. The summed E-state index contributed by atoms with van der Waals surface area (Å²) in [6, 6.07) is 8.38. The third-order valence-electron chi connectivity index (χ3n) is 2.44. The van der Waals surface area contributed by atoms with E-state index in [0.29, 0.717) is 11.4 Å². The van der Waals surface area contributed by atoms with Gasteiger partial charge in [-0.2, -0.15) is 0 Å². The van der Waals surface area contributed by atoms with Crippen LogP contribution in [0.4, 0.5) is 5.69 Å². The lowest BCUT2D eigenvalue weighted by molar-refractivity contribution is 0.0697. The molecular weight excluding hydrogens is 242 g/mol. The van der Waals surface area contributed by atoms with E-state index in [1.807, 2.05) is 13.8 Å². The van der Waals surface area contributed by atoms with Crippen LogP contribution in [0.2, 0.25) is 0 Å². The number of methoxy groups -OCH3 is 1. The molecular formula is C15H21NO3. The highest BCUT2D eigenvalue weighted by molar-refractivity contribution is 5.96. The van der Waals surface area contributed by atoms with Gasteiger partial charge in [-0.15, -0.1) is 0 Å². The van der Waals surface area contributed by atoms with Crippen LogP contribution in [0.5, 0.6) is 5.75 Å². The standard InChI is InChI=1S/C12H11NO3.C2H6.CH4/c1-16-11-6-7-2-3-8(12(14)15)4-9(7)5-10(11)13;1-2;/h2-6H,13H2,1H3,(H,14,15);1-2H3;1H4. The van der Waals surface area contributed by atoms with Gasteiger partial charge in [0.2, 0.25) is 0 Å². The van der Waals surface area contributed by atoms with Gasteiger partial charge in [0.25, 0.3) is 0 Å². The molecule has 0 atom stereocenters. The smallest absolute Gasteiger partial charge is 0.335 e. The summed E-state index contributed by atoms with van der Waals surface area (Å²) in [6.45, 7) is 4.00. The third-order valence-corrected chi connectivity index (χ3v) is 2.44. The first-order chi connectivity index (χ1) is 8.61. The first-order valence-electron chi connectivity index (χ1n) is 5.72. The Morgan fingerprint density at radius 3 is 2.32 bits per heavy atom. The minimum atomic E-state index is -0.948. The quantitative estimate of drug-likeness (QED) is 0.808. The molecule has 2 aromatic carbocycles. The van der Waals surface area contributed by atoms with E-state index < -0.39 is 5.97 Å². The van der Waals surface area contributed by atoms with Crippen LogP contribution in [-0.4, -0.2) is 18.2 Å². The zero-order valence-corrected chi connectivity index (χ0v) is 10.7. The lowest BCUT2D eigenvalue weighted by atomic mass is 10.1.